The highest BCUT2D eigenvalue weighted by molar-refractivity contribution is 5.77. The molecule has 5 heteroatoms. The number of benzene rings is 1. The van der Waals surface area contributed by atoms with Crippen LogP contribution in [0.2, 0.25) is 0 Å². The van der Waals surface area contributed by atoms with Gasteiger partial charge in [-0.1, -0.05) is 18.2 Å². The Labute approximate surface area is 115 Å². The SMILES string of the molecule is c1ccc2oc(C3(Cc4ncc[nH]4)OCCO3)cc2c1. The Bertz CT molecular complexity index is 679. The zero-order valence-electron chi connectivity index (χ0n) is 10.8. The van der Waals surface area contributed by atoms with Crippen LogP contribution in [0, 0.1) is 0 Å². The smallest absolute Gasteiger partial charge is 0.235 e. The molecule has 4 rings (SSSR count). The summed E-state index contributed by atoms with van der Waals surface area (Å²) in [5.41, 5.74) is 0.834. The Kier molecular flexibility index (Phi) is 2.61. The van der Waals surface area contributed by atoms with E-state index in [1.807, 2.05) is 30.3 Å². The first-order valence-electron chi connectivity index (χ1n) is 6.61. The summed E-state index contributed by atoms with van der Waals surface area (Å²) in [6.07, 6.45) is 4.01. The van der Waals surface area contributed by atoms with Crippen LogP contribution in [0.4, 0.5) is 0 Å². The lowest BCUT2D eigenvalue weighted by molar-refractivity contribution is -0.177. The Morgan fingerprint density at radius 3 is 2.80 bits per heavy atom. The van der Waals surface area contributed by atoms with Crippen molar-refractivity contribution in [2.24, 2.45) is 0 Å². The third kappa shape index (κ3) is 1.83. The number of furan rings is 1. The van der Waals surface area contributed by atoms with Gasteiger partial charge in [0.15, 0.2) is 5.76 Å². The van der Waals surface area contributed by atoms with E-state index >= 15 is 0 Å². The zero-order valence-corrected chi connectivity index (χ0v) is 10.8. The topological polar surface area (TPSA) is 60.3 Å². The molecule has 2 aromatic heterocycles. The largest absolute Gasteiger partial charge is 0.455 e. The van der Waals surface area contributed by atoms with E-state index in [9.17, 15) is 0 Å². The van der Waals surface area contributed by atoms with Crippen LogP contribution in [0.5, 0.6) is 0 Å². The van der Waals surface area contributed by atoms with Gasteiger partial charge in [-0.3, -0.25) is 0 Å². The number of imidazole rings is 1. The number of nitrogens with zero attached hydrogens (tertiary/aromatic N) is 1. The Balaban J connectivity index is 1.78. The molecule has 0 bridgehead atoms. The Morgan fingerprint density at radius 1 is 1.20 bits per heavy atom. The van der Waals surface area contributed by atoms with Crippen molar-refractivity contribution in [1.82, 2.24) is 9.97 Å². The van der Waals surface area contributed by atoms with Crippen molar-refractivity contribution in [2.45, 2.75) is 12.2 Å². The van der Waals surface area contributed by atoms with E-state index in [2.05, 4.69) is 9.97 Å². The molecule has 0 spiro atoms. The molecule has 0 unspecified atom stereocenters. The number of H-pyrrole nitrogens is 1. The average Bonchev–Trinajstić information content (AvgIpc) is 3.19. The van der Waals surface area contributed by atoms with Crippen molar-refractivity contribution in [3.8, 4) is 0 Å². The van der Waals surface area contributed by atoms with Crippen LogP contribution in [0.15, 0.2) is 47.1 Å². The number of ether oxygens (including phenoxy) is 2. The fourth-order valence-corrected chi connectivity index (χ4v) is 2.57. The fourth-order valence-electron chi connectivity index (χ4n) is 2.57. The van der Waals surface area contributed by atoms with Crippen LogP contribution in [-0.4, -0.2) is 23.2 Å². The Hall–Kier alpha value is -2.11. The lowest BCUT2D eigenvalue weighted by Gasteiger charge is -2.23. The molecule has 0 amide bonds. The highest BCUT2D eigenvalue weighted by Gasteiger charge is 2.42. The summed E-state index contributed by atoms with van der Waals surface area (Å²) in [7, 11) is 0. The molecule has 20 heavy (non-hydrogen) atoms. The minimum Gasteiger partial charge on any atom is -0.455 e. The molecule has 1 aliphatic heterocycles. The van der Waals surface area contributed by atoms with Gasteiger partial charge in [0.05, 0.1) is 19.6 Å². The molecule has 0 atom stereocenters. The normalized spacial score (nSPS) is 17.8. The van der Waals surface area contributed by atoms with Gasteiger partial charge in [-0.15, -0.1) is 0 Å². The number of hydrogen-bond donors (Lipinski definition) is 1. The van der Waals surface area contributed by atoms with Crippen molar-refractivity contribution in [2.75, 3.05) is 13.2 Å². The van der Waals surface area contributed by atoms with Gasteiger partial charge in [0.1, 0.15) is 11.4 Å². The first-order chi connectivity index (χ1) is 9.86. The number of aromatic amines is 1. The minimum absolute atomic E-state index is 0.500. The van der Waals surface area contributed by atoms with Gasteiger partial charge in [-0.05, 0) is 12.1 Å². The number of aromatic nitrogens is 2. The molecule has 3 heterocycles. The quantitative estimate of drug-likeness (QED) is 0.794. The lowest BCUT2D eigenvalue weighted by atomic mass is 10.1. The average molecular weight is 270 g/mol. The van der Waals surface area contributed by atoms with Gasteiger partial charge in [0, 0.05) is 17.8 Å². The van der Waals surface area contributed by atoms with E-state index in [0.29, 0.717) is 25.4 Å². The highest BCUT2D eigenvalue weighted by Crippen LogP contribution is 2.37. The van der Waals surface area contributed by atoms with Crippen molar-refractivity contribution in [1.29, 1.82) is 0 Å². The first kappa shape index (κ1) is 11.7. The molecule has 0 radical (unpaired) electrons. The van der Waals surface area contributed by atoms with Crippen molar-refractivity contribution in [3.63, 3.8) is 0 Å². The van der Waals surface area contributed by atoms with E-state index < -0.39 is 5.79 Å². The second-order valence-corrected chi connectivity index (χ2v) is 4.81. The standard InChI is InChI=1S/C15H14N2O3/c1-2-4-12-11(3-1)9-13(20-12)15(18-7-8-19-15)10-14-16-5-6-17-14/h1-6,9H,7-8,10H2,(H,16,17). The number of para-hydroxylation sites is 1. The summed E-state index contributed by atoms with van der Waals surface area (Å²) >= 11 is 0. The number of fused-ring (bicyclic) bond motifs is 1. The van der Waals surface area contributed by atoms with E-state index in [1.165, 1.54) is 0 Å². The van der Waals surface area contributed by atoms with Crippen molar-refractivity contribution < 1.29 is 13.9 Å². The van der Waals surface area contributed by atoms with Gasteiger partial charge in [-0.25, -0.2) is 4.98 Å². The second-order valence-electron chi connectivity index (χ2n) is 4.81. The summed E-state index contributed by atoms with van der Waals surface area (Å²) in [4.78, 5) is 7.33. The van der Waals surface area contributed by atoms with E-state index in [1.54, 1.807) is 12.4 Å². The molecule has 1 N–H and O–H groups in total. The van der Waals surface area contributed by atoms with Crippen LogP contribution in [0.3, 0.4) is 0 Å². The summed E-state index contributed by atoms with van der Waals surface area (Å²) in [5.74, 6) is 0.622. The third-order valence-corrected chi connectivity index (χ3v) is 3.51. The van der Waals surface area contributed by atoms with Gasteiger partial charge in [-0.2, -0.15) is 0 Å². The van der Waals surface area contributed by atoms with Gasteiger partial charge >= 0.3 is 0 Å². The second kappa shape index (κ2) is 4.47. The maximum absolute atomic E-state index is 5.91. The molecule has 1 aromatic carbocycles. The van der Waals surface area contributed by atoms with Gasteiger partial charge < -0.3 is 18.9 Å². The van der Waals surface area contributed by atoms with Crippen LogP contribution < -0.4 is 0 Å². The van der Waals surface area contributed by atoms with E-state index in [4.69, 9.17) is 13.9 Å². The monoisotopic (exact) mass is 270 g/mol. The van der Waals surface area contributed by atoms with Gasteiger partial charge in [0.2, 0.25) is 5.79 Å². The summed E-state index contributed by atoms with van der Waals surface area (Å²) in [5, 5.41) is 1.04. The molecule has 0 aliphatic carbocycles. The minimum atomic E-state index is -0.878. The summed E-state index contributed by atoms with van der Waals surface area (Å²) in [6.45, 7) is 1.11. The van der Waals surface area contributed by atoms with Crippen molar-refractivity contribution >= 4 is 11.0 Å². The van der Waals surface area contributed by atoms with Crippen LogP contribution in [0.1, 0.15) is 11.6 Å². The molecule has 1 fully saturated rings. The number of nitrogens with one attached hydrogen (secondary N) is 1. The maximum atomic E-state index is 5.91. The van der Waals surface area contributed by atoms with E-state index in [-0.39, 0.29) is 0 Å². The molecule has 1 aliphatic rings. The molecular weight excluding hydrogens is 256 g/mol. The number of rotatable bonds is 3. The predicted molar refractivity (Wildman–Crippen MR) is 72.1 cm³/mol. The molecular formula is C15H14N2O3. The molecule has 1 saturated heterocycles. The fraction of sp³-hybridized carbons (Fsp3) is 0.267. The van der Waals surface area contributed by atoms with Crippen molar-refractivity contribution in [3.05, 3.63) is 54.3 Å². The maximum Gasteiger partial charge on any atom is 0.235 e. The molecule has 3 aromatic rings. The molecule has 5 nitrogen and oxygen atoms in total. The zero-order chi connectivity index (χ0) is 13.4. The molecule has 0 saturated carbocycles. The Morgan fingerprint density at radius 2 is 2.05 bits per heavy atom. The van der Waals surface area contributed by atoms with E-state index in [0.717, 1.165) is 16.8 Å². The number of hydrogen-bond acceptors (Lipinski definition) is 4. The predicted octanol–water partition coefficient (Wildman–Crippen LogP) is 2.60. The van der Waals surface area contributed by atoms with Gasteiger partial charge in [0.25, 0.3) is 0 Å². The van der Waals surface area contributed by atoms with Crippen LogP contribution >= 0.6 is 0 Å². The third-order valence-electron chi connectivity index (χ3n) is 3.51. The summed E-state index contributed by atoms with van der Waals surface area (Å²) < 4.78 is 17.6. The highest BCUT2D eigenvalue weighted by atomic mass is 16.7. The molecule has 102 valence electrons. The van der Waals surface area contributed by atoms with Crippen LogP contribution in [-0.2, 0) is 21.7 Å². The van der Waals surface area contributed by atoms with Crippen LogP contribution in [0.25, 0.3) is 11.0 Å². The summed E-state index contributed by atoms with van der Waals surface area (Å²) in [6, 6.07) is 9.86. The lowest BCUT2D eigenvalue weighted by Crippen LogP contribution is -2.30. The first-order valence-corrected chi connectivity index (χ1v) is 6.61.